The zero-order chi connectivity index (χ0) is 13.1. The first-order valence-corrected chi connectivity index (χ1v) is 7.40. The smallest absolute Gasteiger partial charge is 0.167 e. The summed E-state index contributed by atoms with van der Waals surface area (Å²) in [6.45, 7) is 8.50. The fourth-order valence-electron chi connectivity index (χ4n) is 3.43. The van der Waals surface area contributed by atoms with Crippen LogP contribution in [0.15, 0.2) is 23.0 Å². The van der Waals surface area contributed by atoms with Crippen LogP contribution in [0.3, 0.4) is 0 Å². The molecule has 104 valence electrons. The van der Waals surface area contributed by atoms with Gasteiger partial charge in [0.25, 0.3) is 0 Å². The van der Waals surface area contributed by atoms with E-state index in [0.29, 0.717) is 12.0 Å². The summed E-state index contributed by atoms with van der Waals surface area (Å²) in [4.78, 5) is 14.4. The Morgan fingerprint density at radius 3 is 2.58 bits per heavy atom. The molecule has 1 aromatic heterocycles. The Labute approximate surface area is 114 Å². The van der Waals surface area contributed by atoms with Crippen molar-refractivity contribution in [2.45, 2.75) is 19.3 Å². The van der Waals surface area contributed by atoms with E-state index in [1.54, 1.807) is 18.6 Å². The maximum atomic E-state index is 11.9. The first-order chi connectivity index (χ1) is 9.27. The van der Waals surface area contributed by atoms with Crippen molar-refractivity contribution in [3.8, 4) is 0 Å². The minimum Gasteiger partial charge on any atom is -0.472 e. The maximum Gasteiger partial charge on any atom is 0.167 e. The maximum absolute atomic E-state index is 11.9. The highest BCUT2D eigenvalue weighted by molar-refractivity contribution is 5.95. The number of ketones is 1. The van der Waals surface area contributed by atoms with E-state index in [1.165, 1.54) is 43.5 Å². The van der Waals surface area contributed by atoms with Gasteiger partial charge in [0.2, 0.25) is 0 Å². The summed E-state index contributed by atoms with van der Waals surface area (Å²) in [6, 6.07) is 1.75. The highest BCUT2D eigenvalue weighted by Crippen LogP contribution is 2.22. The summed E-state index contributed by atoms with van der Waals surface area (Å²) < 4.78 is 6.29. The Morgan fingerprint density at radius 2 is 1.95 bits per heavy atom. The molecular weight excluding hydrogens is 240 g/mol. The van der Waals surface area contributed by atoms with Gasteiger partial charge in [-0.25, -0.2) is 0 Å². The Bertz CT molecular complexity index is 411. The van der Waals surface area contributed by atoms with E-state index in [1.807, 2.05) is 0 Å². The summed E-state index contributed by atoms with van der Waals surface area (Å²) in [5.74, 6) is 0.199. The molecule has 3 heterocycles. The van der Waals surface area contributed by atoms with Crippen molar-refractivity contribution < 1.29 is 13.7 Å². The van der Waals surface area contributed by atoms with Crippen LogP contribution in [-0.4, -0.2) is 61.0 Å². The molecule has 0 radical (unpaired) electrons. The fraction of sp³-hybridized carbons (Fsp3) is 0.667. The first-order valence-electron chi connectivity index (χ1n) is 7.40. The van der Waals surface area contributed by atoms with Crippen LogP contribution in [0, 0.1) is 0 Å². The number of nitrogens with zero attached hydrogens (tertiary/aromatic N) is 2. The SMILES string of the molecule is O=C(CCN1CC[N+]2(CCCC2)CC1)c1ccoc1. The molecular formula is C15H23N2O2+. The molecule has 0 unspecified atom stereocenters. The minimum absolute atomic E-state index is 0.199. The molecule has 4 nitrogen and oxygen atoms in total. The second-order valence-corrected chi connectivity index (χ2v) is 5.97. The number of Topliss-reactive ketones (excluding diaryl/α,β-unsaturated/α-hetero) is 1. The van der Waals surface area contributed by atoms with Gasteiger partial charge in [0.1, 0.15) is 6.26 Å². The Morgan fingerprint density at radius 1 is 1.21 bits per heavy atom. The van der Waals surface area contributed by atoms with Gasteiger partial charge in [-0.2, -0.15) is 0 Å². The molecule has 0 bridgehead atoms. The Hall–Kier alpha value is -1.13. The number of carbonyl (C=O) groups excluding carboxylic acids is 1. The van der Waals surface area contributed by atoms with E-state index >= 15 is 0 Å². The molecule has 0 aliphatic carbocycles. The van der Waals surface area contributed by atoms with Crippen molar-refractivity contribution in [3.05, 3.63) is 24.2 Å². The molecule has 2 aliphatic rings. The third-order valence-electron chi connectivity index (χ3n) is 4.79. The first kappa shape index (κ1) is 12.9. The minimum atomic E-state index is 0.199. The van der Waals surface area contributed by atoms with Crippen LogP contribution < -0.4 is 0 Å². The van der Waals surface area contributed by atoms with Gasteiger partial charge in [-0.05, 0) is 6.07 Å². The molecule has 1 spiro atoms. The number of hydrogen-bond donors (Lipinski definition) is 0. The summed E-state index contributed by atoms with van der Waals surface area (Å²) in [6.07, 6.45) is 6.52. The van der Waals surface area contributed by atoms with Crippen LogP contribution in [0.5, 0.6) is 0 Å². The van der Waals surface area contributed by atoms with Crippen molar-refractivity contribution in [1.82, 2.24) is 4.90 Å². The van der Waals surface area contributed by atoms with E-state index in [2.05, 4.69) is 4.90 Å². The quantitative estimate of drug-likeness (QED) is 0.613. The van der Waals surface area contributed by atoms with Gasteiger partial charge in [-0.1, -0.05) is 0 Å². The van der Waals surface area contributed by atoms with Gasteiger partial charge >= 0.3 is 0 Å². The second-order valence-electron chi connectivity index (χ2n) is 5.97. The van der Waals surface area contributed by atoms with Crippen LogP contribution in [0.1, 0.15) is 29.6 Å². The predicted octanol–water partition coefficient (Wildman–Crippen LogP) is 1.78. The molecule has 3 rings (SSSR count). The van der Waals surface area contributed by atoms with Crippen LogP contribution in [-0.2, 0) is 0 Å². The van der Waals surface area contributed by atoms with E-state index in [0.717, 1.165) is 19.6 Å². The predicted molar refractivity (Wildman–Crippen MR) is 73.1 cm³/mol. The topological polar surface area (TPSA) is 33.5 Å². The number of furan rings is 1. The highest BCUT2D eigenvalue weighted by Gasteiger charge is 2.35. The summed E-state index contributed by atoms with van der Waals surface area (Å²) >= 11 is 0. The molecule has 2 fully saturated rings. The van der Waals surface area contributed by atoms with Crippen molar-refractivity contribution in [2.24, 2.45) is 0 Å². The third kappa shape index (κ3) is 2.90. The molecule has 4 heteroatoms. The molecule has 0 aromatic carbocycles. The Balaban J connectivity index is 1.44. The Kier molecular flexibility index (Phi) is 3.71. The van der Waals surface area contributed by atoms with Crippen molar-refractivity contribution in [3.63, 3.8) is 0 Å². The molecule has 2 saturated heterocycles. The normalized spacial score (nSPS) is 22.9. The number of quaternary nitrogens is 1. The van der Waals surface area contributed by atoms with Crippen molar-refractivity contribution in [2.75, 3.05) is 45.8 Å². The lowest BCUT2D eigenvalue weighted by atomic mass is 10.1. The summed E-state index contributed by atoms with van der Waals surface area (Å²) in [7, 11) is 0. The zero-order valence-electron chi connectivity index (χ0n) is 11.5. The average molecular weight is 263 g/mol. The summed E-state index contributed by atoms with van der Waals surface area (Å²) in [5, 5.41) is 0. The second kappa shape index (κ2) is 5.47. The molecule has 2 aliphatic heterocycles. The number of hydrogen-bond acceptors (Lipinski definition) is 3. The molecule has 19 heavy (non-hydrogen) atoms. The van der Waals surface area contributed by atoms with Gasteiger partial charge in [0.15, 0.2) is 5.78 Å². The molecule has 1 aromatic rings. The average Bonchev–Trinajstić information content (AvgIpc) is 3.09. The molecule has 0 amide bonds. The highest BCUT2D eigenvalue weighted by atomic mass is 16.3. The fourth-order valence-corrected chi connectivity index (χ4v) is 3.43. The van der Waals surface area contributed by atoms with Gasteiger partial charge in [0.05, 0.1) is 38.0 Å². The zero-order valence-corrected chi connectivity index (χ0v) is 11.5. The monoisotopic (exact) mass is 263 g/mol. The third-order valence-corrected chi connectivity index (χ3v) is 4.79. The van der Waals surface area contributed by atoms with Crippen LogP contribution in [0.2, 0.25) is 0 Å². The lowest BCUT2D eigenvalue weighted by Crippen LogP contribution is -2.58. The number of piperazine rings is 1. The van der Waals surface area contributed by atoms with Gasteiger partial charge in [-0.15, -0.1) is 0 Å². The number of rotatable bonds is 4. The van der Waals surface area contributed by atoms with Crippen molar-refractivity contribution >= 4 is 5.78 Å². The molecule has 0 atom stereocenters. The standard InChI is InChI=1S/C15H23N2O2/c18-15(14-4-12-19-13-14)3-5-16-6-10-17(11-7-16)8-1-2-9-17/h4,12-13H,1-3,5-11H2/q+1. The van der Waals surface area contributed by atoms with Gasteiger partial charge < -0.3 is 8.90 Å². The van der Waals surface area contributed by atoms with Gasteiger partial charge in [-0.3, -0.25) is 9.69 Å². The van der Waals surface area contributed by atoms with Crippen LogP contribution >= 0.6 is 0 Å². The molecule has 0 saturated carbocycles. The molecule has 0 N–H and O–H groups in total. The number of carbonyl (C=O) groups is 1. The lowest BCUT2D eigenvalue weighted by molar-refractivity contribution is -0.920. The van der Waals surface area contributed by atoms with E-state index in [9.17, 15) is 4.79 Å². The van der Waals surface area contributed by atoms with E-state index in [-0.39, 0.29) is 5.78 Å². The lowest BCUT2D eigenvalue weighted by Gasteiger charge is -2.42. The van der Waals surface area contributed by atoms with E-state index < -0.39 is 0 Å². The van der Waals surface area contributed by atoms with Gasteiger partial charge in [0, 0.05) is 38.9 Å². The summed E-state index contributed by atoms with van der Waals surface area (Å²) in [5.41, 5.74) is 0.708. The van der Waals surface area contributed by atoms with Crippen LogP contribution in [0.4, 0.5) is 0 Å². The van der Waals surface area contributed by atoms with Crippen LogP contribution in [0.25, 0.3) is 0 Å². The van der Waals surface area contributed by atoms with Crippen molar-refractivity contribution in [1.29, 1.82) is 0 Å². The van der Waals surface area contributed by atoms with E-state index in [4.69, 9.17) is 4.42 Å². The largest absolute Gasteiger partial charge is 0.472 e.